The number of pyridine rings is 1. The van der Waals surface area contributed by atoms with Gasteiger partial charge in [0.2, 0.25) is 0 Å². The van der Waals surface area contributed by atoms with Crippen molar-refractivity contribution in [2.75, 3.05) is 20.3 Å². The maximum absolute atomic E-state index is 5.89. The Morgan fingerprint density at radius 1 is 1.50 bits per heavy atom. The summed E-state index contributed by atoms with van der Waals surface area (Å²) >= 11 is 0. The lowest BCUT2D eigenvalue weighted by Crippen LogP contribution is -2.51. The average molecular weight is 248 g/mol. The molecule has 4 nitrogen and oxygen atoms in total. The molecule has 1 aliphatic heterocycles. The van der Waals surface area contributed by atoms with Gasteiger partial charge in [0.1, 0.15) is 0 Å². The van der Waals surface area contributed by atoms with E-state index < -0.39 is 0 Å². The summed E-state index contributed by atoms with van der Waals surface area (Å²) in [6.07, 6.45) is 6.57. The predicted molar refractivity (Wildman–Crippen MR) is 68.2 cm³/mol. The highest BCUT2D eigenvalue weighted by molar-refractivity contribution is 5.09. The van der Waals surface area contributed by atoms with Gasteiger partial charge in [-0.15, -0.1) is 0 Å². The Balaban J connectivity index is 1.69. The van der Waals surface area contributed by atoms with E-state index in [1.54, 1.807) is 7.11 Å². The van der Waals surface area contributed by atoms with Crippen molar-refractivity contribution in [3.05, 3.63) is 30.1 Å². The Morgan fingerprint density at radius 3 is 3.22 bits per heavy atom. The highest BCUT2D eigenvalue weighted by Crippen LogP contribution is 2.32. The zero-order valence-corrected chi connectivity index (χ0v) is 10.8. The minimum Gasteiger partial charge on any atom is -0.379 e. The molecule has 2 fully saturated rings. The van der Waals surface area contributed by atoms with Gasteiger partial charge in [0, 0.05) is 38.6 Å². The summed E-state index contributed by atoms with van der Waals surface area (Å²) in [7, 11) is 1.79. The number of aromatic nitrogens is 1. The van der Waals surface area contributed by atoms with Crippen molar-refractivity contribution in [2.24, 2.45) is 0 Å². The zero-order chi connectivity index (χ0) is 12.4. The fourth-order valence-corrected chi connectivity index (χ4v) is 3.17. The molecule has 98 valence electrons. The van der Waals surface area contributed by atoms with E-state index in [1.807, 2.05) is 18.5 Å². The average Bonchev–Trinajstić information content (AvgIpc) is 2.84. The van der Waals surface area contributed by atoms with E-state index in [9.17, 15) is 0 Å². The van der Waals surface area contributed by atoms with Gasteiger partial charge in [0.25, 0.3) is 0 Å². The second-order valence-corrected chi connectivity index (χ2v) is 5.09. The molecule has 2 aliphatic rings. The number of ether oxygens (including phenoxy) is 2. The van der Waals surface area contributed by atoms with Gasteiger partial charge in [-0.1, -0.05) is 6.07 Å². The van der Waals surface area contributed by atoms with E-state index in [0.717, 1.165) is 26.1 Å². The van der Waals surface area contributed by atoms with Crippen LogP contribution in [-0.4, -0.2) is 48.4 Å². The van der Waals surface area contributed by atoms with E-state index in [4.69, 9.17) is 9.47 Å². The van der Waals surface area contributed by atoms with Crippen molar-refractivity contribution in [1.82, 2.24) is 9.88 Å². The molecular formula is C14H20N2O2. The number of rotatable bonds is 3. The molecule has 0 N–H and O–H groups in total. The number of nitrogens with zero attached hydrogens (tertiary/aromatic N) is 2. The van der Waals surface area contributed by atoms with Gasteiger partial charge in [-0.3, -0.25) is 9.88 Å². The monoisotopic (exact) mass is 248 g/mol. The fraction of sp³-hybridized carbons (Fsp3) is 0.643. The summed E-state index contributed by atoms with van der Waals surface area (Å²) in [6.45, 7) is 2.78. The first-order valence-electron chi connectivity index (χ1n) is 6.66. The zero-order valence-electron chi connectivity index (χ0n) is 10.8. The molecule has 18 heavy (non-hydrogen) atoms. The van der Waals surface area contributed by atoms with Crippen LogP contribution in [0.5, 0.6) is 0 Å². The number of methoxy groups -OCH3 is 1. The molecule has 1 aliphatic carbocycles. The largest absolute Gasteiger partial charge is 0.379 e. The molecule has 1 aromatic heterocycles. The van der Waals surface area contributed by atoms with Crippen LogP contribution in [0.25, 0.3) is 0 Å². The van der Waals surface area contributed by atoms with Crippen molar-refractivity contribution in [2.45, 2.75) is 37.6 Å². The first-order chi connectivity index (χ1) is 8.88. The normalized spacial score (nSPS) is 32.4. The van der Waals surface area contributed by atoms with Crippen LogP contribution in [0.1, 0.15) is 18.4 Å². The Bertz CT molecular complexity index is 385. The number of morpholine rings is 1. The van der Waals surface area contributed by atoms with Crippen LogP contribution in [0.4, 0.5) is 0 Å². The molecule has 0 amide bonds. The van der Waals surface area contributed by atoms with Gasteiger partial charge >= 0.3 is 0 Å². The van der Waals surface area contributed by atoms with Crippen molar-refractivity contribution in [3.63, 3.8) is 0 Å². The third kappa shape index (κ3) is 2.28. The second-order valence-electron chi connectivity index (χ2n) is 5.09. The van der Waals surface area contributed by atoms with Gasteiger partial charge < -0.3 is 9.47 Å². The molecular weight excluding hydrogens is 228 g/mol. The Labute approximate surface area is 108 Å². The predicted octanol–water partition coefficient (Wildman–Crippen LogP) is 1.46. The summed E-state index contributed by atoms with van der Waals surface area (Å²) in [5.74, 6) is 0. The van der Waals surface area contributed by atoms with Crippen LogP contribution >= 0.6 is 0 Å². The Kier molecular flexibility index (Phi) is 3.59. The van der Waals surface area contributed by atoms with Crippen molar-refractivity contribution >= 4 is 0 Å². The van der Waals surface area contributed by atoms with Crippen LogP contribution in [0.3, 0.4) is 0 Å². The van der Waals surface area contributed by atoms with Crippen LogP contribution in [0.2, 0.25) is 0 Å². The minimum atomic E-state index is 0.250. The first kappa shape index (κ1) is 12.1. The lowest BCUT2D eigenvalue weighted by Gasteiger charge is -2.38. The first-order valence-corrected chi connectivity index (χ1v) is 6.66. The highest BCUT2D eigenvalue weighted by atomic mass is 16.5. The number of hydrogen-bond donors (Lipinski definition) is 0. The molecule has 2 heterocycles. The van der Waals surface area contributed by atoms with Crippen molar-refractivity contribution < 1.29 is 9.47 Å². The molecule has 4 heteroatoms. The standard InChI is InChI=1S/C14H20N2O2/c1-17-13-5-4-12-14(13)18-8-7-16(12)10-11-3-2-6-15-9-11/h2-3,6,9,12-14H,4-5,7-8,10H2,1H3/t12-,13-,14+/m1/s1. The summed E-state index contributed by atoms with van der Waals surface area (Å²) in [6, 6.07) is 4.64. The van der Waals surface area contributed by atoms with E-state index in [2.05, 4.69) is 16.0 Å². The van der Waals surface area contributed by atoms with Gasteiger partial charge in [-0.05, 0) is 24.5 Å². The topological polar surface area (TPSA) is 34.6 Å². The number of hydrogen-bond acceptors (Lipinski definition) is 4. The van der Waals surface area contributed by atoms with E-state index in [1.165, 1.54) is 12.0 Å². The fourth-order valence-electron chi connectivity index (χ4n) is 3.17. The van der Waals surface area contributed by atoms with Crippen molar-refractivity contribution in [1.29, 1.82) is 0 Å². The molecule has 1 saturated carbocycles. The van der Waals surface area contributed by atoms with Gasteiger partial charge in [0.15, 0.2) is 0 Å². The van der Waals surface area contributed by atoms with E-state index >= 15 is 0 Å². The molecule has 0 spiro atoms. The maximum Gasteiger partial charge on any atom is 0.0991 e. The molecule has 0 aromatic carbocycles. The minimum absolute atomic E-state index is 0.250. The Hall–Kier alpha value is -0.970. The van der Waals surface area contributed by atoms with Gasteiger partial charge in [-0.25, -0.2) is 0 Å². The summed E-state index contributed by atoms with van der Waals surface area (Å²) in [5, 5.41) is 0. The van der Waals surface area contributed by atoms with E-state index in [-0.39, 0.29) is 12.2 Å². The van der Waals surface area contributed by atoms with E-state index in [0.29, 0.717) is 6.04 Å². The van der Waals surface area contributed by atoms with Gasteiger partial charge in [-0.2, -0.15) is 0 Å². The molecule has 0 bridgehead atoms. The third-order valence-electron chi connectivity index (χ3n) is 4.06. The summed E-state index contributed by atoms with van der Waals surface area (Å²) in [4.78, 5) is 6.70. The molecule has 3 atom stereocenters. The third-order valence-corrected chi connectivity index (χ3v) is 4.06. The van der Waals surface area contributed by atoms with Crippen molar-refractivity contribution in [3.8, 4) is 0 Å². The highest BCUT2D eigenvalue weighted by Gasteiger charge is 2.42. The maximum atomic E-state index is 5.89. The van der Waals surface area contributed by atoms with Crippen LogP contribution < -0.4 is 0 Å². The molecule has 0 radical (unpaired) electrons. The molecule has 3 rings (SSSR count). The number of fused-ring (bicyclic) bond motifs is 1. The molecule has 1 saturated heterocycles. The van der Waals surface area contributed by atoms with Crippen LogP contribution in [0, 0.1) is 0 Å². The van der Waals surface area contributed by atoms with Gasteiger partial charge in [0.05, 0.1) is 18.8 Å². The smallest absolute Gasteiger partial charge is 0.0991 e. The second kappa shape index (κ2) is 5.34. The lowest BCUT2D eigenvalue weighted by atomic mass is 10.1. The van der Waals surface area contributed by atoms with Crippen LogP contribution in [0.15, 0.2) is 24.5 Å². The Morgan fingerprint density at radius 2 is 2.44 bits per heavy atom. The molecule has 0 unspecified atom stereocenters. The SMILES string of the molecule is CO[C@@H]1CC[C@@H]2[C@@H]1OCCN2Cc1cccnc1. The molecule has 1 aromatic rings. The quantitative estimate of drug-likeness (QED) is 0.811. The summed E-state index contributed by atoms with van der Waals surface area (Å²) < 4.78 is 11.4. The van der Waals surface area contributed by atoms with Crippen LogP contribution in [-0.2, 0) is 16.0 Å². The lowest BCUT2D eigenvalue weighted by molar-refractivity contribution is -0.106. The summed E-state index contributed by atoms with van der Waals surface area (Å²) in [5.41, 5.74) is 1.28.